The third kappa shape index (κ3) is 6.50. The lowest BCUT2D eigenvalue weighted by Crippen LogP contribution is -2.12. The summed E-state index contributed by atoms with van der Waals surface area (Å²) in [6.07, 6.45) is 1.65. The second-order valence-corrected chi connectivity index (χ2v) is 9.89. The molecule has 2 aromatic carbocycles. The minimum atomic E-state index is 0.329. The fourth-order valence-electron chi connectivity index (χ4n) is 4.06. The number of hydrogen-bond donors (Lipinski definition) is 1. The third-order valence-corrected chi connectivity index (χ3v) is 5.93. The zero-order valence-electron chi connectivity index (χ0n) is 22.4. The molecule has 1 N–H and O–H groups in total. The van der Waals surface area contributed by atoms with Crippen molar-refractivity contribution in [2.75, 3.05) is 11.9 Å². The van der Waals surface area contributed by atoms with E-state index in [-0.39, 0.29) is 0 Å². The lowest BCUT2D eigenvalue weighted by molar-refractivity contribution is 0.234. The summed E-state index contributed by atoms with van der Waals surface area (Å²) in [4.78, 5) is 4.85. The number of aliphatic imine (C=N–C) groups is 1. The maximum atomic E-state index is 10.1. The van der Waals surface area contributed by atoms with E-state index in [9.17, 15) is 5.26 Å². The summed E-state index contributed by atoms with van der Waals surface area (Å²) in [5, 5.41) is 13.6. The third-order valence-electron chi connectivity index (χ3n) is 5.93. The number of benzene rings is 2. The molecule has 4 nitrogen and oxygen atoms in total. The molecule has 0 fully saturated rings. The Kier molecular flexibility index (Phi) is 9.93. The summed E-state index contributed by atoms with van der Waals surface area (Å²) in [6, 6.07) is 15.0. The van der Waals surface area contributed by atoms with Crippen LogP contribution in [0, 0.1) is 11.3 Å². The first-order chi connectivity index (χ1) is 16.1. The molecule has 0 radical (unpaired) electrons. The number of anilines is 1. The lowest BCUT2D eigenvalue weighted by atomic mass is 9.92. The van der Waals surface area contributed by atoms with Crippen LogP contribution in [-0.4, -0.2) is 12.8 Å². The summed E-state index contributed by atoms with van der Waals surface area (Å²) in [7, 11) is 0. The van der Waals surface area contributed by atoms with Gasteiger partial charge in [0.25, 0.3) is 0 Å². The van der Waals surface area contributed by atoms with Crippen molar-refractivity contribution in [3.63, 3.8) is 0 Å². The van der Waals surface area contributed by atoms with Gasteiger partial charge in [-0.3, -0.25) is 4.99 Å². The summed E-state index contributed by atoms with van der Waals surface area (Å²) >= 11 is 0. The molecule has 0 unspecified atom stereocenters. The van der Waals surface area contributed by atoms with Crippen LogP contribution >= 0.6 is 0 Å². The van der Waals surface area contributed by atoms with E-state index in [0.717, 1.165) is 11.4 Å². The quantitative estimate of drug-likeness (QED) is 0.219. The molecule has 2 aromatic rings. The number of para-hydroxylation sites is 2. The van der Waals surface area contributed by atoms with Gasteiger partial charge in [-0.2, -0.15) is 5.26 Å². The van der Waals surface area contributed by atoms with E-state index in [1.807, 2.05) is 6.92 Å². The Balaban J connectivity index is 2.65. The minimum Gasteiger partial charge on any atom is -0.478 e. The smallest absolute Gasteiger partial charge is 0.211 e. The average Bonchev–Trinajstić information content (AvgIpc) is 2.78. The predicted molar refractivity (Wildman–Crippen MR) is 145 cm³/mol. The van der Waals surface area contributed by atoms with Crippen molar-refractivity contribution in [3.8, 4) is 6.07 Å². The van der Waals surface area contributed by atoms with Gasteiger partial charge in [-0.1, -0.05) is 91.8 Å². The molecule has 0 spiro atoms. The van der Waals surface area contributed by atoms with E-state index >= 15 is 0 Å². The van der Waals surface area contributed by atoms with Gasteiger partial charge in [0.2, 0.25) is 5.88 Å². The highest BCUT2D eigenvalue weighted by atomic mass is 16.5. The molecule has 0 aliphatic heterocycles. The maximum Gasteiger partial charge on any atom is 0.211 e. The molecule has 34 heavy (non-hydrogen) atoms. The van der Waals surface area contributed by atoms with Crippen LogP contribution in [0.3, 0.4) is 0 Å². The first-order valence-corrected chi connectivity index (χ1v) is 12.5. The Morgan fingerprint density at radius 3 is 1.68 bits per heavy atom. The van der Waals surface area contributed by atoms with Gasteiger partial charge in [-0.25, -0.2) is 0 Å². The second kappa shape index (κ2) is 12.4. The minimum absolute atomic E-state index is 0.329. The zero-order chi connectivity index (χ0) is 25.4. The highest BCUT2D eigenvalue weighted by molar-refractivity contribution is 5.88. The number of allylic oxidation sites excluding steroid dienone is 1. The van der Waals surface area contributed by atoms with E-state index in [0.29, 0.717) is 41.7 Å². The number of ether oxygens (including phenoxy) is 1. The van der Waals surface area contributed by atoms with Crippen molar-refractivity contribution >= 4 is 17.6 Å². The van der Waals surface area contributed by atoms with Crippen molar-refractivity contribution in [1.29, 1.82) is 5.26 Å². The van der Waals surface area contributed by atoms with E-state index in [4.69, 9.17) is 9.73 Å². The first-order valence-electron chi connectivity index (χ1n) is 12.5. The molecular formula is C30H41N3O. The van der Waals surface area contributed by atoms with E-state index < -0.39 is 0 Å². The SMILES string of the molecule is CCO/C(Nc1c(C(C)C)cccc1C(C)C)=C(\C#N)C=Nc1c(C(C)C)cccc1C(C)C. The number of nitrogens with one attached hydrogen (secondary N) is 1. The molecule has 0 aliphatic carbocycles. The summed E-state index contributed by atoms with van der Waals surface area (Å²) in [5.41, 5.74) is 7.10. The van der Waals surface area contributed by atoms with Crippen LogP contribution in [0.1, 0.15) is 108 Å². The highest BCUT2D eigenvalue weighted by Crippen LogP contribution is 2.36. The topological polar surface area (TPSA) is 57.4 Å². The molecule has 0 aliphatic rings. The Morgan fingerprint density at radius 1 is 0.853 bits per heavy atom. The average molecular weight is 460 g/mol. The van der Waals surface area contributed by atoms with Crippen molar-refractivity contribution in [1.82, 2.24) is 0 Å². The van der Waals surface area contributed by atoms with Crippen LogP contribution in [0.25, 0.3) is 0 Å². The van der Waals surface area contributed by atoms with Crippen LogP contribution in [0.4, 0.5) is 11.4 Å². The summed E-state index contributed by atoms with van der Waals surface area (Å²) in [6.45, 7) is 19.8. The van der Waals surface area contributed by atoms with Gasteiger partial charge < -0.3 is 10.1 Å². The van der Waals surface area contributed by atoms with Gasteiger partial charge in [0.05, 0.1) is 18.5 Å². The van der Waals surface area contributed by atoms with Crippen molar-refractivity contribution < 1.29 is 4.74 Å². The number of hydrogen-bond acceptors (Lipinski definition) is 4. The van der Waals surface area contributed by atoms with Crippen molar-refractivity contribution in [3.05, 3.63) is 70.1 Å². The second-order valence-electron chi connectivity index (χ2n) is 9.89. The molecule has 2 rings (SSSR count). The van der Waals surface area contributed by atoms with Crippen LogP contribution in [0.2, 0.25) is 0 Å². The molecule has 0 saturated carbocycles. The summed E-state index contributed by atoms with van der Waals surface area (Å²) in [5.74, 6) is 1.76. The maximum absolute atomic E-state index is 10.1. The Morgan fingerprint density at radius 2 is 1.29 bits per heavy atom. The molecule has 0 saturated heterocycles. The monoisotopic (exact) mass is 459 g/mol. The zero-order valence-corrected chi connectivity index (χ0v) is 22.4. The summed E-state index contributed by atoms with van der Waals surface area (Å²) < 4.78 is 5.97. The molecule has 4 heteroatoms. The lowest BCUT2D eigenvalue weighted by Gasteiger charge is -2.22. The molecule has 182 valence electrons. The fraction of sp³-hybridized carbons (Fsp3) is 0.467. The van der Waals surface area contributed by atoms with E-state index in [1.54, 1.807) is 6.21 Å². The Hall–Kier alpha value is -3.06. The number of rotatable bonds is 10. The molecule has 0 aromatic heterocycles. The number of nitrogens with zero attached hydrogens (tertiary/aromatic N) is 2. The van der Waals surface area contributed by atoms with Crippen LogP contribution < -0.4 is 5.32 Å². The Bertz CT molecular complexity index is 1020. The normalized spacial score (nSPS) is 12.6. The van der Waals surface area contributed by atoms with Gasteiger partial charge in [0.1, 0.15) is 11.6 Å². The first kappa shape index (κ1) is 27.2. The molecule has 0 atom stereocenters. The highest BCUT2D eigenvalue weighted by Gasteiger charge is 2.18. The molecule has 0 heterocycles. The van der Waals surface area contributed by atoms with Crippen molar-refractivity contribution in [2.45, 2.75) is 86.0 Å². The van der Waals surface area contributed by atoms with Crippen molar-refractivity contribution in [2.24, 2.45) is 4.99 Å². The molecule has 0 amide bonds. The standard InChI is InChI=1S/C30H41N3O/c1-10-34-30(33-29-26(21(6)7)15-12-16-27(29)22(8)9)23(17-31)18-32-28-24(19(2)3)13-11-14-25(28)20(4)5/h11-16,18-22,33H,10H2,1-9H3/b30-23+,32-18?. The van der Waals surface area contributed by atoms with Crippen LogP contribution in [0.15, 0.2) is 52.8 Å². The molecule has 0 bridgehead atoms. The molecular weight excluding hydrogens is 418 g/mol. The largest absolute Gasteiger partial charge is 0.478 e. The fourth-order valence-corrected chi connectivity index (χ4v) is 4.06. The van der Waals surface area contributed by atoms with E-state index in [1.165, 1.54) is 22.3 Å². The van der Waals surface area contributed by atoms with E-state index in [2.05, 4.69) is 103 Å². The number of nitriles is 1. The predicted octanol–water partition coefficient (Wildman–Crippen LogP) is 8.77. The van der Waals surface area contributed by atoms with Gasteiger partial charge >= 0.3 is 0 Å². The van der Waals surface area contributed by atoms with Gasteiger partial charge in [-0.15, -0.1) is 0 Å². The van der Waals surface area contributed by atoms with Gasteiger partial charge in [0, 0.05) is 5.69 Å². The van der Waals surface area contributed by atoms with Gasteiger partial charge in [-0.05, 0) is 52.8 Å². The van der Waals surface area contributed by atoms with Gasteiger partial charge in [0.15, 0.2) is 0 Å². The van der Waals surface area contributed by atoms with Crippen LogP contribution in [-0.2, 0) is 4.74 Å². The Labute approximate surface area is 206 Å². The van der Waals surface area contributed by atoms with Crippen LogP contribution in [0.5, 0.6) is 0 Å².